The summed E-state index contributed by atoms with van der Waals surface area (Å²) in [7, 11) is 0. The predicted octanol–water partition coefficient (Wildman–Crippen LogP) is 9.03. The molecule has 0 spiro atoms. The van der Waals surface area contributed by atoms with Crippen LogP contribution in [0.2, 0.25) is 0 Å². The zero-order valence-corrected chi connectivity index (χ0v) is 20.0. The third-order valence-electron chi connectivity index (χ3n) is 6.68. The first-order chi connectivity index (χ1) is 17.2. The second-order valence-electron chi connectivity index (χ2n) is 9.03. The van der Waals surface area contributed by atoms with Gasteiger partial charge in [0.2, 0.25) is 5.82 Å². The van der Waals surface area contributed by atoms with Crippen LogP contribution in [-0.2, 0) is 0 Å². The summed E-state index contributed by atoms with van der Waals surface area (Å²) in [6.07, 6.45) is 4.24. The van der Waals surface area contributed by atoms with Crippen molar-refractivity contribution in [3.05, 3.63) is 94.1 Å². The molecule has 0 heterocycles. The molecule has 0 aliphatic heterocycles. The Morgan fingerprint density at radius 1 is 0.750 bits per heavy atom. The lowest BCUT2D eigenvalue weighted by Gasteiger charge is -2.24. The number of hydrogen-bond donors (Lipinski definition) is 0. The van der Waals surface area contributed by atoms with Crippen LogP contribution in [0.4, 0.5) is 26.3 Å². The highest BCUT2D eigenvalue weighted by atomic mass is 19.2. The van der Waals surface area contributed by atoms with Gasteiger partial charge in [-0.25, -0.2) is 22.0 Å². The lowest BCUT2D eigenvalue weighted by molar-refractivity contribution is 0.289. The molecule has 190 valence electrons. The molecule has 36 heavy (non-hydrogen) atoms. The lowest BCUT2D eigenvalue weighted by atomic mass is 9.82. The quantitative estimate of drug-likeness (QED) is 0.230. The molecule has 0 radical (unpaired) electrons. The van der Waals surface area contributed by atoms with Crippen LogP contribution in [0.5, 0.6) is 5.75 Å². The van der Waals surface area contributed by atoms with E-state index in [0.29, 0.717) is 31.3 Å². The van der Waals surface area contributed by atoms with E-state index in [9.17, 15) is 17.6 Å². The van der Waals surface area contributed by atoms with Gasteiger partial charge in [0, 0.05) is 16.7 Å². The van der Waals surface area contributed by atoms with Gasteiger partial charge in [0.25, 0.3) is 0 Å². The van der Waals surface area contributed by atoms with E-state index >= 15 is 8.78 Å². The van der Waals surface area contributed by atoms with Crippen molar-refractivity contribution in [2.45, 2.75) is 51.9 Å². The van der Waals surface area contributed by atoms with Gasteiger partial charge in [-0.2, -0.15) is 4.39 Å². The first-order valence-corrected chi connectivity index (χ1v) is 12.0. The first kappa shape index (κ1) is 25.9. The fraction of sp³-hybridized carbons (Fsp3) is 0.310. The lowest BCUT2D eigenvalue weighted by Crippen LogP contribution is -2.09. The SMILES string of the molecule is CCCCOc1ccc(-c2ccc(C3=CCC(c4ccc(C)c(F)c4F)CC3)c(F)c2F)c(F)c1F. The van der Waals surface area contributed by atoms with Crippen molar-refractivity contribution in [2.75, 3.05) is 6.61 Å². The Kier molecular flexibility index (Phi) is 7.76. The Labute approximate surface area is 206 Å². The van der Waals surface area contributed by atoms with E-state index in [-0.39, 0.29) is 35.0 Å². The van der Waals surface area contributed by atoms with Crippen molar-refractivity contribution >= 4 is 5.57 Å². The van der Waals surface area contributed by atoms with Crippen LogP contribution in [0, 0.1) is 41.8 Å². The monoisotopic (exact) mass is 504 g/mol. The molecule has 0 amide bonds. The van der Waals surface area contributed by atoms with E-state index < -0.39 is 46.0 Å². The van der Waals surface area contributed by atoms with E-state index in [4.69, 9.17) is 4.74 Å². The first-order valence-electron chi connectivity index (χ1n) is 12.0. The van der Waals surface area contributed by atoms with Gasteiger partial charge >= 0.3 is 0 Å². The fourth-order valence-corrected chi connectivity index (χ4v) is 4.52. The standard InChI is InChI=1S/C29H26F6O/c1-3-4-15-36-23-14-13-22(28(34)29(23)35)21-12-11-20(26(32)27(21)33)18-8-6-17(7-9-18)19-10-5-16(2)24(30)25(19)31/h5,8,10-14,17H,3-4,6-7,9,15H2,1-2H3. The van der Waals surface area contributed by atoms with Gasteiger partial charge in [-0.05, 0) is 67.4 Å². The molecule has 3 aromatic rings. The maximum Gasteiger partial charge on any atom is 0.201 e. The Hall–Kier alpha value is -3.22. The fourth-order valence-electron chi connectivity index (χ4n) is 4.52. The number of ether oxygens (including phenoxy) is 1. The van der Waals surface area contributed by atoms with E-state index in [0.717, 1.165) is 12.5 Å². The van der Waals surface area contributed by atoms with Gasteiger partial charge < -0.3 is 4.74 Å². The summed E-state index contributed by atoms with van der Waals surface area (Å²) in [5.41, 5.74) is 0.192. The molecule has 1 unspecified atom stereocenters. The Morgan fingerprint density at radius 3 is 2.06 bits per heavy atom. The molecule has 0 saturated heterocycles. The van der Waals surface area contributed by atoms with Gasteiger partial charge in [0.1, 0.15) is 0 Å². The molecule has 0 fully saturated rings. The molecule has 0 saturated carbocycles. The highest BCUT2D eigenvalue weighted by Gasteiger charge is 2.26. The van der Waals surface area contributed by atoms with Gasteiger partial charge in [-0.15, -0.1) is 0 Å². The third-order valence-corrected chi connectivity index (χ3v) is 6.68. The minimum atomic E-state index is -1.32. The molecule has 1 nitrogen and oxygen atoms in total. The summed E-state index contributed by atoms with van der Waals surface area (Å²) in [6.45, 7) is 3.63. The highest BCUT2D eigenvalue weighted by Crippen LogP contribution is 2.40. The maximum absolute atomic E-state index is 15.1. The number of benzene rings is 3. The number of hydrogen-bond acceptors (Lipinski definition) is 1. The summed E-state index contributed by atoms with van der Waals surface area (Å²) in [6, 6.07) is 7.98. The molecule has 1 aliphatic carbocycles. The highest BCUT2D eigenvalue weighted by molar-refractivity contribution is 5.73. The van der Waals surface area contributed by atoms with Crippen molar-refractivity contribution in [3.63, 3.8) is 0 Å². The number of allylic oxidation sites excluding steroid dienone is 2. The van der Waals surface area contributed by atoms with E-state index in [1.807, 2.05) is 6.92 Å². The van der Waals surface area contributed by atoms with Crippen molar-refractivity contribution in [3.8, 4) is 16.9 Å². The molecule has 3 aromatic carbocycles. The Balaban J connectivity index is 1.58. The topological polar surface area (TPSA) is 9.23 Å². The van der Waals surface area contributed by atoms with Crippen LogP contribution in [0.1, 0.15) is 61.6 Å². The molecular formula is C29H26F6O. The molecule has 1 aliphatic rings. The van der Waals surface area contributed by atoms with Gasteiger partial charge in [0.05, 0.1) is 6.61 Å². The molecule has 0 bridgehead atoms. The van der Waals surface area contributed by atoms with E-state index in [1.54, 1.807) is 12.1 Å². The van der Waals surface area contributed by atoms with Crippen molar-refractivity contribution in [1.29, 1.82) is 0 Å². The zero-order valence-electron chi connectivity index (χ0n) is 20.0. The van der Waals surface area contributed by atoms with Crippen LogP contribution in [-0.4, -0.2) is 6.61 Å². The van der Waals surface area contributed by atoms with Crippen LogP contribution in [0.25, 0.3) is 16.7 Å². The molecule has 7 heteroatoms. The van der Waals surface area contributed by atoms with Gasteiger partial charge in [-0.3, -0.25) is 0 Å². The maximum atomic E-state index is 15.1. The summed E-state index contributed by atoms with van der Waals surface area (Å²) < 4.78 is 92.8. The second-order valence-corrected chi connectivity index (χ2v) is 9.03. The average Bonchev–Trinajstić information content (AvgIpc) is 2.88. The predicted molar refractivity (Wildman–Crippen MR) is 128 cm³/mol. The van der Waals surface area contributed by atoms with Crippen LogP contribution in [0.3, 0.4) is 0 Å². The summed E-state index contributed by atoms with van der Waals surface area (Å²) in [5.74, 6) is -7.37. The normalized spacial score (nSPS) is 15.7. The number of halogens is 6. The van der Waals surface area contributed by atoms with Crippen LogP contribution < -0.4 is 4.74 Å². The average molecular weight is 505 g/mol. The second kappa shape index (κ2) is 10.8. The summed E-state index contributed by atoms with van der Waals surface area (Å²) in [5, 5.41) is 0. The smallest absolute Gasteiger partial charge is 0.201 e. The summed E-state index contributed by atoms with van der Waals surface area (Å²) >= 11 is 0. The Morgan fingerprint density at radius 2 is 1.39 bits per heavy atom. The number of rotatable bonds is 7. The van der Waals surface area contributed by atoms with Gasteiger partial charge in [-0.1, -0.05) is 43.7 Å². The molecule has 0 aromatic heterocycles. The minimum absolute atomic E-state index is 0.00524. The largest absolute Gasteiger partial charge is 0.490 e. The van der Waals surface area contributed by atoms with Gasteiger partial charge in [0.15, 0.2) is 34.8 Å². The Bertz CT molecular complexity index is 1310. The molecule has 0 N–H and O–H groups in total. The van der Waals surface area contributed by atoms with E-state index in [2.05, 4.69) is 0 Å². The third kappa shape index (κ3) is 4.88. The van der Waals surface area contributed by atoms with Crippen molar-refractivity contribution in [1.82, 2.24) is 0 Å². The van der Waals surface area contributed by atoms with Crippen LogP contribution >= 0.6 is 0 Å². The number of unbranched alkanes of at least 4 members (excludes halogenated alkanes) is 1. The molecule has 1 atom stereocenters. The summed E-state index contributed by atoms with van der Waals surface area (Å²) in [4.78, 5) is 0. The zero-order chi connectivity index (χ0) is 26.0. The number of aryl methyl sites for hydroxylation is 1. The van der Waals surface area contributed by atoms with Crippen LogP contribution in [0.15, 0.2) is 42.5 Å². The molecule has 4 rings (SSSR count). The molecular weight excluding hydrogens is 478 g/mol. The van der Waals surface area contributed by atoms with Crippen molar-refractivity contribution < 1.29 is 31.1 Å². The van der Waals surface area contributed by atoms with Crippen molar-refractivity contribution in [2.24, 2.45) is 0 Å². The minimum Gasteiger partial charge on any atom is -0.490 e. The van der Waals surface area contributed by atoms with E-state index in [1.165, 1.54) is 31.2 Å².